The molecule has 0 aliphatic carbocycles. The number of nitrogens with zero attached hydrogens (tertiary/aromatic N) is 3. The van der Waals surface area contributed by atoms with E-state index in [4.69, 9.17) is 0 Å². The molecular formula is C24H19BrFN3O3. The molecule has 4 rings (SSSR count). The summed E-state index contributed by atoms with van der Waals surface area (Å²) in [5, 5.41) is 0. The Morgan fingerprint density at radius 3 is 2.28 bits per heavy atom. The molecule has 1 saturated heterocycles. The summed E-state index contributed by atoms with van der Waals surface area (Å²) in [5.41, 5.74) is 2.55. The van der Waals surface area contributed by atoms with Crippen LogP contribution in [0.3, 0.4) is 0 Å². The Bertz CT molecular complexity index is 1300. The van der Waals surface area contributed by atoms with Crippen molar-refractivity contribution in [2.24, 2.45) is 0 Å². The van der Waals surface area contributed by atoms with Gasteiger partial charge in [-0.05, 0) is 61.9 Å². The maximum atomic E-state index is 14.6. The molecule has 1 fully saturated rings. The number of anilines is 1. The van der Waals surface area contributed by atoms with Gasteiger partial charge < -0.3 is 4.57 Å². The normalized spacial score (nSPS) is 15.8. The Morgan fingerprint density at radius 1 is 0.938 bits per heavy atom. The minimum atomic E-state index is -0.717. The van der Waals surface area contributed by atoms with Gasteiger partial charge in [-0.2, -0.15) is 0 Å². The van der Waals surface area contributed by atoms with Gasteiger partial charge in [-0.3, -0.25) is 14.5 Å². The van der Waals surface area contributed by atoms with Crippen molar-refractivity contribution in [1.29, 1.82) is 0 Å². The molecule has 1 aliphatic rings. The van der Waals surface area contributed by atoms with Gasteiger partial charge in [0.15, 0.2) is 0 Å². The van der Waals surface area contributed by atoms with Crippen molar-refractivity contribution in [3.8, 4) is 5.69 Å². The van der Waals surface area contributed by atoms with Crippen LogP contribution >= 0.6 is 15.9 Å². The molecule has 4 amide bonds. The molecule has 2 heterocycles. The van der Waals surface area contributed by atoms with Gasteiger partial charge in [-0.15, -0.1) is 0 Å². The van der Waals surface area contributed by atoms with Gasteiger partial charge in [0.2, 0.25) is 0 Å². The van der Waals surface area contributed by atoms with E-state index < -0.39 is 23.7 Å². The van der Waals surface area contributed by atoms with E-state index in [1.54, 1.807) is 60.0 Å². The molecule has 32 heavy (non-hydrogen) atoms. The summed E-state index contributed by atoms with van der Waals surface area (Å²) in [6.45, 7) is 3.59. The molecule has 0 N–H and O–H groups in total. The number of barbiturate groups is 1. The lowest BCUT2D eigenvalue weighted by atomic mass is 10.1. The summed E-state index contributed by atoms with van der Waals surface area (Å²) in [6, 6.07) is 14.2. The number of benzene rings is 2. The standard InChI is InChI=1S/C24H19BrFN3O3/c1-14-11-16(15(2)28(14)21-10-9-17(25)13-20(21)26)12-19-22(30)27(3)24(32)29(23(19)31)18-7-5-4-6-8-18/h4-13H,1-3H3/b19-12+. The Labute approximate surface area is 192 Å². The van der Waals surface area contributed by atoms with Crippen LogP contribution in [0.2, 0.25) is 0 Å². The predicted molar refractivity (Wildman–Crippen MR) is 123 cm³/mol. The molecule has 3 aromatic rings. The van der Waals surface area contributed by atoms with Crippen LogP contribution in [-0.2, 0) is 9.59 Å². The number of hydrogen-bond donors (Lipinski definition) is 0. The maximum absolute atomic E-state index is 14.6. The molecule has 0 unspecified atom stereocenters. The second-order valence-corrected chi connectivity index (χ2v) is 8.35. The van der Waals surface area contributed by atoms with E-state index >= 15 is 0 Å². The third-order valence-electron chi connectivity index (χ3n) is 5.38. The van der Waals surface area contributed by atoms with Gasteiger partial charge in [0, 0.05) is 22.9 Å². The average Bonchev–Trinajstić information content (AvgIpc) is 3.04. The van der Waals surface area contributed by atoms with Gasteiger partial charge in [0.1, 0.15) is 11.4 Å². The van der Waals surface area contributed by atoms with Crippen molar-refractivity contribution < 1.29 is 18.8 Å². The number of imide groups is 2. The van der Waals surface area contributed by atoms with Crippen molar-refractivity contribution in [2.75, 3.05) is 11.9 Å². The third-order valence-corrected chi connectivity index (χ3v) is 5.88. The van der Waals surface area contributed by atoms with Crippen molar-refractivity contribution in [3.63, 3.8) is 0 Å². The van der Waals surface area contributed by atoms with E-state index in [1.807, 2.05) is 6.92 Å². The van der Waals surface area contributed by atoms with Crippen LogP contribution in [0, 0.1) is 19.7 Å². The maximum Gasteiger partial charge on any atom is 0.338 e. The topological polar surface area (TPSA) is 62.6 Å². The third kappa shape index (κ3) is 3.56. The number of amides is 4. The molecule has 0 radical (unpaired) electrons. The summed E-state index contributed by atoms with van der Waals surface area (Å²) >= 11 is 3.25. The number of para-hydroxylation sites is 1. The largest absolute Gasteiger partial charge is 0.338 e. The number of urea groups is 1. The highest BCUT2D eigenvalue weighted by Gasteiger charge is 2.41. The minimum absolute atomic E-state index is 0.146. The fraction of sp³-hybridized carbons (Fsp3) is 0.125. The molecule has 2 aromatic carbocycles. The van der Waals surface area contributed by atoms with Crippen LogP contribution in [0.4, 0.5) is 14.9 Å². The van der Waals surface area contributed by atoms with E-state index in [1.165, 1.54) is 19.2 Å². The van der Waals surface area contributed by atoms with E-state index in [-0.39, 0.29) is 5.57 Å². The number of aromatic nitrogens is 1. The van der Waals surface area contributed by atoms with E-state index in [2.05, 4.69) is 15.9 Å². The minimum Gasteiger partial charge on any atom is -0.315 e. The molecule has 162 valence electrons. The van der Waals surface area contributed by atoms with Crippen molar-refractivity contribution in [3.05, 3.63) is 87.4 Å². The highest BCUT2D eigenvalue weighted by atomic mass is 79.9. The van der Waals surface area contributed by atoms with Gasteiger partial charge in [0.25, 0.3) is 11.8 Å². The highest BCUT2D eigenvalue weighted by Crippen LogP contribution is 2.29. The van der Waals surface area contributed by atoms with Gasteiger partial charge in [-0.1, -0.05) is 34.1 Å². The number of likely N-dealkylation sites (N-methyl/N-ethyl adjacent to an activating group) is 1. The first kappa shape index (κ1) is 21.7. The first-order valence-corrected chi connectivity index (χ1v) is 10.6. The molecule has 0 bridgehead atoms. The second kappa shape index (κ2) is 8.20. The van der Waals surface area contributed by atoms with Crippen LogP contribution in [0.25, 0.3) is 11.8 Å². The van der Waals surface area contributed by atoms with E-state index in [0.717, 1.165) is 15.5 Å². The number of carbonyl (C=O) groups excluding carboxylic acids is 3. The van der Waals surface area contributed by atoms with Crippen LogP contribution in [-0.4, -0.2) is 34.4 Å². The monoisotopic (exact) mass is 495 g/mol. The second-order valence-electron chi connectivity index (χ2n) is 7.44. The van der Waals surface area contributed by atoms with Crippen LogP contribution in [0.15, 0.2) is 64.6 Å². The summed E-state index contributed by atoms with van der Waals surface area (Å²) in [7, 11) is 1.33. The smallest absolute Gasteiger partial charge is 0.315 e. The molecule has 0 spiro atoms. The number of rotatable bonds is 3. The quantitative estimate of drug-likeness (QED) is 0.379. The molecular weight excluding hydrogens is 477 g/mol. The summed E-state index contributed by atoms with van der Waals surface area (Å²) in [6.07, 6.45) is 1.46. The Balaban J connectivity index is 1.82. The van der Waals surface area contributed by atoms with Crippen molar-refractivity contribution in [2.45, 2.75) is 13.8 Å². The summed E-state index contributed by atoms with van der Waals surface area (Å²) in [4.78, 5) is 40.5. The zero-order valence-electron chi connectivity index (χ0n) is 17.6. The van der Waals surface area contributed by atoms with Crippen LogP contribution < -0.4 is 4.90 Å². The lowest BCUT2D eigenvalue weighted by Crippen LogP contribution is -2.55. The lowest BCUT2D eigenvalue weighted by Gasteiger charge is -2.31. The van der Waals surface area contributed by atoms with Gasteiger partial charge in [0.05, 0.1) is 11.4 Å². The predicted octanol–water partition coefficient (Wildman–Crippen LogP) is 5.00. The SMILES string of the molecule is Cc1cc(/C=C2\C(=O)N(C)C(=O)N(c3ccccc3)C2=O)c(C)n1-c1ccc(Br)cc1F. The average molecular weight is 496 g/mol. The summed E-state index contributed by atoms with van der Waals surface area (Å²) in [5.74, 6) is -1.80. The fourth-order valence-corrected chi connectivity index (χ4v) is 4.10. The highest BCUT2D eigenvalue weighted by molar-refractivity contribution is 9.10. The molecule has 8 heteroatoms. The van der Waals surface area contributed by atoms with Gasteiger partial charge in [-0.25, -0.2) is 14.1 Å². The molecule has 1 aliphatic heterocycles. The Kier molecular flexibility index (Phi) is 5.56. The van der Waals surface area contributed by atoms with Gasteiger partial charge >= 0.3 is 6.03 Å². The van der Waals surface area contributed by atoms with Crippen molar-refractivity contribution >= 4 is 45.5 Å². The van der Waals surface area contributed by atoms with Crippen LogP contribution in [0.1, 0.15) is 17.0 Å². The van der Waals surface area contributed by atoms with Crippen LogP contribution in [0.5, 0.6) is 0 Å². The molecule has 0 atom stereocenters. The first-order chi connectivity index (χ1) is 15.2. The number of halogens is 2. The fourth-order valence-electron chi connectivity index (χ4n) is 3.77. The summed E-state index contributed by atoms with van der Waals surface area (Å²) < 4.78 is 16.9. The molecule has 6 nitrogen and oxygen atoms in total. The molecule has 0 saturated carbocycles. The Morgan fingerprint density at radius 2 is 1.62 bits per heavy atom. The molecule has 1 aromatic heterocycles. The number of hydrogen-bond acceptors (Lipinski definition) is 3. The first-order valence-electron chi connectivity index (χ1n) is 9.78. The Hall–Kier alpha value is -3.52. The zero-order chi connectivity index (χ0) is 23.2. The van der Waals surface area contributed by atoms with Crippen molar-refractivity contribution in [1.82, 2.24) is 9.47 Å². The van der Waals surface area contributed by atoms with E-state index in [9.17, 15) is 18.8 Å². The van der Waals surface area contributed by atoms with E-state index in [0.29, 0.717) is 27.1 Å². The zero-order valence-corrected chi connectivity index (χ0v) is 19.2. The number of aryl methyl sites for hydroxylation is 1. The lowest BCUT2D eigenvalue weighted by molar-refractivity contribution is -0.128. The number of carbonyl (C=O) groups is 3.